The number of rotatable bonds is 5. The summed E-state index contributed by atoms with van der Waals surface area (Å²) in [6.07, 6.45) is 3.72. The first-order valence-corrected chi connectivity index (χ1v) is 8.07. The molecule has 0 bridgehead atoms. The van der Waals surface area contributed by atoms with Crippen molar-refractivity contribution in [2.45, 2.75) is 13.1 Å². The van der Waals surface area contributed by atoms with E-state index in [1.165, 1.54) is 11.1 Å². The fraction of sp³-hybridized carbons (Fsp3) is 0.211. The molecule has 0 fully saturated rings. The first-order valence-electron chi connectivity index (χ1n) is 8.07. The largest absolute Gasteiger partial charge is 0.486 e. The SMILES string of the molecule is c1cnn(-c2ccc(CNCc3ccc4c(c3)OCCO4)cc2)c1. The second-order valence-electron chi connectivity index (χ2n) is 5.70. The van der Waals surface area contributed by atoms with Crippen molar-refractivity contribution >= 4 is 0 Å². The first-order chi connectivity index (χ1) is 11.9. The summed E-state index contributed by atoms with van der Waals surface area (Å²) in [4.78, 5) is 0. The molecule has 1 aliphatic heterocycles. The Hall–Kier alpha value is -2.79. The molecule has 4 rings (SSSR count). The Labute approximate surface area is 140 Å². The molecule has 1 N–H and O–H groups in total. The Bertz CT molecular complexity index is 798. The maximum atomic E-state index is 5.62. The zero-order valence-corrected chi connectivity index (χ0v) is 13.3. The third-order valence-electron chi connectivity index (χ3n) is 3.97. The van der Waals surface area contributed by atoms with Gasteiger partial charge < -0.3 is 14.8 Å². The van der Waals surface area contributed by atoms with Crippen LogP contribution in [0.2, 0.25) is 0 Å². The second kappa shape index (κ2) is 6.76. The van der Waals surface area contributed by atoms with E-state index in [4.69, 9.17) is 9.47 Å². The lowest BCUT2D eigenvalue weighted by molar-refractivity contribution is 0.171. The van der Waals surface area contributed by atoms with Gasteiger partial charge in [-0.15, -0.1) is 0 Å². The number of aromatic nitrogens is 2. The zero-order valence-electron chi connectivity index (χ0n) is 13.3. The normalized spacial score (nSPS) is 13.0. The average Bonchev–Trinajstić information content (AvgIpc) is 3.17. The molecule has 0 atom stereocenters. The molecule has 0 saturated heterocycles. The van der Waals surface area contributed by atoms with Gasteiger partial charge in [-0.3, -0.25) is 0 Å². The molecule has 2 heterocycles. The standard InChI is InChI=1S/C19H19N3O2/c1-8-21-22(9-1)17-5-2-15(3-6-17)13-20-14-16-4-7-18-19(12-16)24-11-10-23-18/h1-9,12,20H,10-11,13-14H2. The van der Waals surface area contributed by atoms with E-state index in [0.717, 1.165) is 30.3 Å². The van der Waals surface area contributed by atoms with Gasteiger partial charge in [0.25, 0.3) is 0 Å². The maximum Gasteiger partial charge on any atom is 0.161 e. The number of fused-ring (bicyclic) bond motifs is 1. The van der Waals surface area contributed by atoms with Crippen LogP contribution in [0.1, 0.15) is 11.1 Å². The second-order valence-corrected chi connectivity index (χ2v) is 5.70. The van der Waals surface area contributed by atoms with Gasteiger partial charge in [0, 0.05) is 25.5 Å². The summed E-state index contributed by atoms with van der Waals surface area (Å²) in [6, 6.07) is 16.4. The van der Waals surface area contributed by atoms with E-state index in [9.17, 15) is 0 Å². The Morgan fingerprint density at radius 1 is 0.917 bits per heavy atom. The average molecular weight is 321 g/mol. The van der Waals surface area contributed by atoms with Gasteiger partial charge in [-0.05, 0) is 41.5 Å². The summed E-state index contributed by atoms with van der Waals surface area (Å²) >= 11 is 0. The first kappa shape index (κ1) is 14.8. The van der Waals surface area contributed by atoms with Crippen LogP contribution in [0.25, 0.3) is 5.69 Å². The van der Waals surface area contributed by atoms with Crippen molar-refractivity contribution in [2.24, 2.45) is 0 Å². The Morgan fingerprint density at radius 2 is 1.67 bits per heavy atom. The van der Waals surface area contributed by atoms with Gasteiger partial charge >= 0.3 is 0 Å². The molecule has 0 saturated carbocycles. The van der Waals surface area contributed by atoms with Gasteiger partial charge in [0.15, 0.2) is 11.5 Å². The lowest BCUT2D eigenvalue weighted by Crippen LogP contribution is -2.16. The van der Waals surface area contributed by atoms with Crippen LogP contribution in [0.15, 0.2) is 60.9 Å². The zero-order chi connectivity index (χ0) is 16.2. The summed E-state index contributed by atoms with van der Waals surface area (Å²) in [7, 11) is 0. The van der Waals surface area contributed by atoms with E-state index < -0.39 is 0 Å². The van der Waals surface area contributed by atoms with E-state index in [0.29, 0.717) is 13.2 Å². The molecule has 0 unspecified atom stereocenters. The summed E-state index contributed by atoms with van der Waals surface area (Å²) in [5.41, 5.74) is 3.49. The summed E-state index contributed by atoms with van der Waals surface area (Å²) in [5.74, 6) is 1.67. The summed E-state index contributed by atoms with van der Waals surface area (Å²) in [6.45, 7) is 2.84. The smallest absolute Gasteiger partial charge is 0.161 e. The van der Waals surface area contributed by atoms with Crippen LogP contribution in [-0.2, 0) is 13.1 Å². The highest BCUT2D eigenvalue weighted by Crippen LogP contribution is 2.30. The van der Waals surface area contributed by atoms with Crippen molar-refractivity contribution < 1.29 is 9.47 Å². The van der Waals surface area contributed by atoms with E-state index in [1.54, 1.807) is 6.20 Å². The molecule has 5 nitrogen and oxygen atoms in total. The molecule has 122 valence electrons. The van der Waals surface area contributed by atoms with Crippen LogP contribution >= 0.6 is 0 Å². The van der Waals surface area contributed by atoms with Crippen LogP contribution in [0.3, 0.4) is 0 Å². The lowest BCUT2D eigenvalue weighted by atomic mass is 10.1. The number of nitrogens with one attached hydrogen (secondary N) is 1. The van der Waals surface area contributed by atoms with Crippen molar-refractivity contribution in [3.8, 4) is 17.2 Å². The molecule has 24 heavy (non-hydrogen) atoms. The van der Waals surface area contributed by atoms with Gasteiger partial charge in [0.1, 0.15) is 13.2 Å². The minimum atomic E-state index is 0.618. The van der Waals surface area contributed by atoms with Crippen molar-refractivity contribution in [3.05, 3.63) is 72.1 Å². The number of hydrogen-bond donors (Lipinski definition) is 1. The van der Waals surface area contributed by atoms with Gasteiger partial charge in [0.05, 0.1) is 5.69 Å². The van der Waals surface area contributed by atoms with Gasteiger partial charge in [0.2, 0.25) is 0 Å². The number of nitrogens with zero attached hydrogens (tertiary/aromatic N) is 2. The van der Waals surface area contributed by atoms with Crippen LogP contribution in [0.4, 0.5) is 0 Å². The molecule has 1 aliphatic rings. The third kappa shape index (κ3) is 3.26. The highest BCUT2D eigenvalue weighted by Gasteiger charge is 2.11. The van der Waals surface area contributed by atoms with Crippen LogP contribution in [-0.4, -0.2) is 23.0 Å². The van der Waals surface area contributed by atoms with Crippen LogP contribution in [0, 0.1) is 0 Å². The fourth-order valence-electron chi connectivity index (χ4n) is 2.74. The molecule has 5 heteroatoms. The number of benzene rings is 2. The van der Waals surface area contributed by atoms with E-state index in [1.807, 2.05) is 29.1 Å². The molecule has 0 spiro atoms. The van der Waals surface area contributed by atoms with E-state index in [2.05, 4.69) is 40.7 Å². The van der Waals surface area contributed by atoms with Crippen molar-refractivity contribution in [1.82, 2.24) is 15.1 Å². The highest BCUT2D eigenvalue weighted by atomic mass is 16.6. The quantitative estimate of drug-likeness (QED) is 0.785. The van der Waals surface area contributed by atoms with Crippen molar-refractivity contribution in [3.63, 3.8) is 0 Å². The molecular weight excluding hydrogens is 302 g/mol. The van der Waals surface area contributed by atoms with Crippen LogP contribution in [0.5, 0.6) is 11.5 Å². The monoisotopic (exact) mass is 321 g/mol. The minimum absolute atomic E-state index is 0.618. The van der Waals surface area contributed by atoms with Gasteiger partial charge in [-0.1, -0.05) is 18.2 Å². The third-order valence-corrected chi connectivity index (χ3v) is 3.97. The molecular formula is C19H19N3O2. The predicted octanol–water partition coefficient (Wildman–Crippen LogP) is 2.93. The lowest BCUT2D eigenvalue weighted by Gasteiger charge is -2.19. The number of ether oxygens (including phenoxy) is 2. The fourth-order valence-corrected chi connectivity index (χ4v) is 2.74. The molecule has 3 aromatic rings. The van der Waals surface area contributed by atoms with Gasteiger partial charge in [-0.25, -0.2) is 4.68 Å². The van der Waals surface area contributed by atoms with E-state index >= 15 is 0 Å². The Morgan fingerprint density at radius 3 is 2.46 bits per heavy atom. The summed E-state index contributed by atoms with van der Waals surface area (Å²) in [5, 5.41) is 7.69. The molecule has 0 amide bonds. The topological polar surface area (TPSA) is 48.3 Å². The molecule has 0 radical (unpaired) electrons. The Balaban J connectivity index is 1.34. The van der Waals surface area contributed by atoms with Crippen molar-refractivity contribution in [1.29, 1.82) is 0 Å². The van der Waals surface area contributed by atoms with E-state index in [-0.39, 0.29) is 0 Å². The highest BCUT2D eigenvalue weighted by molar-refractivity contribution is 5.43. The van der Waals surface area contributed by atoms with Crippen LogP contribution < -0.4 is 14.8 Å². The number of hydrogen-bond acceptors (Lipinski definition) is 4. The molecule has 1 aromatic heterocycles. The molecule has 0 aliphatic carbocycles. The minimum Gasteiger partial charge on any atom is -0.486 e. The van der Waals surface area contributed by atoms with Crippen molar-refractivity contribution in [2.75, 3.05) is 13.2 Å². The summed E-state index contributed by atoms with van der Waals surface area (Å²) < 4.78 is 13.0. The Kier molecular flexibility index (Phi) is 4.16. The predicted molar refractivity (Wildman–Crippen MR) is 91.5 cm³/mol. The maximum absolute atomic E-state index is 5.62. The molecule has 2 aromatic carbocycles. The van der Waals surface area contributed by atoms with Gasteiger partial charge in [-0.2, -0.15) is 5.10 Å².